The number of halogens is 2. The maximum atomic E-state index is 6.72. The van der Waals surface area contributed by atoms with E-state index in [2.05, 4.69) is 169 Å². The average Bonchev–Trinajstić information content (AvgIpc) is 2.90. The molecule has 8 rings (SSSR count). The van der Waals surface area contributed by atoms with Crippen molar-refractivity contribution in [1.29, 1.82) is 0 Å². The Bertz CT molecular complexity index is 1600. The van der Waals surface area contributed by atoms with Gasteiger partial charge in [0.2, 0.25) is 0 Å². The summed E-state index contributed by atoms with van der Waals surface area (Å²) >= 11 is 5.70. The summed E-state index contributed by atoms with van der Waals surface area (Å²) in [5.74, 6) is 1.93. The number of anilines is 6. The van der Waals surface area contributed by atoms with E-state index in [9.17, 15) is 0 Å². The molecule has 0 unspecified atom stereocenters. The van der Waals surface area contributed by atoms with Gasteiger partial charge < -0.3 is 0 Å². The molecule has 36 heavy (non-hydrogen) atoms. The molecule has 0 saturated heterocycles. The second-order valence-electron chi connectivity index (χ2n) is 9.24. The van der Waals surface area contributed by atoms with Crippen LogP contribution in [-0.2, 0) is 0 Å². The molecule has 0 spiro atoms. The zero-order chi connectivity index (χ0) is 24.1. The summed E-state index contributed by atoms with van der Waals surface area (Å²) in [6, 6.07) is 41.2. The number of nitrogens with zero attached hydrogens (tertiary/aromatic N) is 2. The van der Waals surface area contributed by atoms with Crippen molar-refractivity contribution in [3.05, 3.63) is 115 Å². The molecule has 3 heterocycles. The van der Waals surface area contributed by atoms with Crippen molar-refractivity contribution in [2.24, 2.45) is 0 Å². The van der Waals surface area contributed by atoms with Crippen molar-refractivity contribution in [2.45, 2.75) is 0 Å². The second kappa shape index (κ2) is 7.24. The zero-order valence-electron chi connectivity index (χ0n) is 19.0. The topological polar surface area (TPSA) is 15.7 Å². The fourth-order valence-electron chi connectivity index (χ4n) is 6.04. The van der Waals surface area contributed by atoms with E-state index in [1.165, 1.54) is 38.7 Å². The summed E-state index contributed by atoms with van der Waals surface area (Å²) < 4.78 is 3.77. The van der Waals surface area contributed by atoms with Gasteiger partial charge >= 0.3 is 237 Å². The molecule has 0 saturated carbocycles. The summed E-state index contributed by atoms with van der Waals surface area (Å²) in [4.78, 5) is 4.84. The molecule has 6 heteroatoms. The van der Waals surface area contributed by atoms with Gasteiger partial charge in [0.1, 0.15) is 0 Å². The van der Waals surface area contributed by atoms with Crippen molar-refractivity contribution in [2.75, 3.05) is 9.80 Å². The Balaban J connectivity index is 1.59. The van der Waals surface area contributed by atoms with E-state index in [0.717, 1.165) is 22.9 Å². The van der Waals surface area contributed by atoms with E-state index in [0.29, 0.717) is 0 Å². The van der Waals surface area contributed by atoms with Crippen LogP contribution in [0.5, 0.6) is 11.5 Å². The van der Waals surface area contributed by atoms with Gasteiger partial charge in [-0.05, 0) is 0 Å². The molecule has 0 N–H and O–H groups in total. The maximum absolute atomic E-state index is 6.72. The van der Waals surface area contributed by atoms with Crippen molar-refractivity contribution >= 4 is 96.0 Å². The Morgan fingerprint density at radius 3 is 1.28 bits per heavy atom. The van der Waals surface area contributed by atoms with E-state index in [4.69, 9.17) is 4.74 Å². The molecular weight excluding hydrogens is 689 g/mol. The third kappa shape index (κ3) is 2.51. The third-order valence-electron chi connectivity index (χ3n) is 7.34. The van der Waals surface area contributed by atoms with Crippen LogP contribution in [0.15, 0.2) is 115 Å². The van der Waals surface area contributed by atoms with Crippen LogP contribution in [0.3, 0.4) is 0 Å². The summed E-state index contributed by atoms with van der Waals surface area (Å²) in [5, 5.41) is 4.04. The van der Waals surface area contributed by atoms with Gasteiger partial charge in [-0.1, -0.05) is 0 Å². The second-order valence-corrected chi connectivity index (χ2v) is 29.5. The fraction of sp³-hybridized carbons (Fsp3) is 0. The van der Waals surface area contributed by atoms with Gasteiger partial charge in [0.15, 0.2) is 0 Å². The minimum absolute atomic E-state index is 0.966. The van der Waals surface area contributed by atoms with Crippen LogP contribution in [0.2, 0.25) is 0 Å². The van der Waals surface area contributed by atoms with Crippen LogP contribution in [0, 0.1) is 0 Å². The molecule has 0 fully saturated rings. The van der Waals surface area contributed by atoms with E-state index in [-0.39, 0.29) is 0 Å². The average molecular weight is 708 g/mol. The summed E-state index contributed by atoms with van der Waals surface area (Å²) in [5.41, 5.74) is 7.21. The number of hydrogen-bond acceptors (Lipinski definition) is 3. The summed E-state index contributed by atoms with van der Waals surface area (Å²) in [6.07, 6.45) is 0. The van der Waals surface area contributed by atoms with E-state index in [1.807, 2.05) is 0 Å². The standard InChI is InChI=1S/C30H19I2N2OP/c31-36(32)28-22-14-7-15-23(28)34(21-12-5-2-6-13-21)25-17-9-19-27(30(25)36)35-26-18-8-16-24(29(26)36)33(22)20-10-3-1-4-11-20/h1-19H. The first kappa shape index (κ1) is 21.5. The van der Waals surface area contributed by atoms with Gasteiger partial charge in [0, 0.05) is 0 Å². The van der Waals surface area contributed by atoms with Crippen molar-refractivity contribution in [3.63, 3.8) is 0 Å². The van der Waals surface area contributed by atoms with Gasteiger partial charge in [-0.3, -0.25) is 0 Å². The Morgan fingerprint density at radius 2 is 0.833 bits per heavy atom. The molecule has 174 valence electrons. The normalized spacial score (nSPS) is 17.9. The number of ether oxygens (including phenoxy) is 1. The van der Waals surface area contributed by atoms with Crippen LogP contribution >= 0.6 is 46.0 Å². The third-order valence-corrected chi connectivity index (χ3v) is 19.7. The fourth-order valence-corrected chi connectivity index (χ4v) is 18.8. The Labute approximate surface area is 235 Å². The van der Waals surface area contributed by atoms with Crippen molar-refractivity contribution < 1.29 is 4.74 Å². The van der Waals surface area contributed by atoms with Crippen LogP contribution in [0.4, 0.5) is 34.1 Å². The number of hydrogen-bond donors (Lipinski definition) is 0. The monoisotopic (exact) mass is 708 g/mol. The molecule has 0 atom stereocenters. The predicted molar refractivity (Wildman–Crippen MR) is 170 cm³/mol. The van der Waals surface area contributed by atoms with Crippen LogP contribution in [0.25, 0.3) is 0 Å². The SMILES string of the molecule is IP12(I)c3c4cccc3N(c3ccccc3)c3cccc(c31)N(c1ccccc1)c1cccc(c12)O4. The van der Waals surface area contributed by atoms with Gasteiger partial charge in [-0.25, -0.2) is 0 Å². The number of benzene rings is 5. The first-order chi connectivity index (χ1) is 17.6. The molecular formula is C30H19I2N2OP. The molecule has 0 aliphatic carbocycles. The van der Waals surface area contributed by atoms with E-state index in [1.54, 1.807) is 0 Å². The molecule has 0 radical (unpaired) electrons. The number of rotatable bonds is 2. The molecule has 3 aliphatic heterocycles. The first-order valence-electron chi connectivity index (χ1n) is 11.8. The van der Waals surface area contributed by atoms with Gasteiger partial charge in [-0.15, -0.1) is 0 Å². The summed E-state index contributed by atoms with van der Waals surface area (Å²) in [7, 11) is 0. The van der Waals surface area contributed by atoms with Crippen LogP contribution < -0.4 is 30.5 Å². The molecule has 3 aliphatic rings. The van der Waals surface area contributed by atoms with E-state index >= 15 is 0 Å². The minimum atomic E-state index is -2.95. The van der Waals surface area contributed by atoms with Crippen LogP contribution in [-0.4, -0.2) is 0 Å². The van der Waals surface area contributed by atoms with Gasteiger partial charge in [0.25, 0.3) is 0 Å². The molecule has 5 aromatic rings. The molecule has 0 aromatic heterocycles. The molecule has 0 bridgehead atoms. The summed E-state index contributed by atoms with van der Waals surface area (Å²) in [6.45, 7) is 0. The van der Waals surface area contributed by atoms with Gasteiger partial charge in [0.05, 0.1) is 0 Å². The molecule has 3 nitrogen and oxygen atoms in total. The Morgan fingerprint density at radius 1 is 0.444 bits per heavy atom. The van der Waals surface area contributed by atoms with Crippen molar-refractivity contribution in [1.82, 2.24) is 0 Å². The number of para-hydroxylation sites is 2. The Hall–Kier alpha value is -2.61. The predicted octanol–water partition coefficient (Wildman–Crippen LogP) is 8.89. The van der Waals surface area contributed by atoms with Crippen molar-refractivity contribution in [3.8, 4) is 11.5 Å². The van der Waals surface area contributed by atoms with Gasteiger partial charge in [-0.2, -0.15) is 0 Å². The van der Waals surface area contributed by atoms with Crippen LogP contribution in [0.1, 0.15) is 0 Å². The Kier molecular flexibility index (Phi) is 4.32. The molecule has 0 amide bonds. The zero-order valence-corrected chi connectivity index (χ0v) is 24.2. The molecule has 5 aromatic carbocycles. The quantitative estimate of drug-likeness (QED) is 0.132. The van der Waals surface area contributed by atoms with E-state index < -0.39 is 1.89 Å². The first-order valence-corrected chi connectivity index (χ1v) is 19.6.